The first-order valence-electron chi connectivity index (χ1n) is 27.7. The molecule has 10 heteroatoms. The summed E-state index contributed by atoms with van der Waals surface area (Å²) in [5.41, 5.74) is 0. The number of hydrogen-bond acceptors (Lipinski definition) is 8. The van der Waals surface area contributed by atoms with E-state index < -0.39 is 26.5 Å². The SMILES string of the molecule is CCCCCCCCCCCCCCCCCCCCCCCCCCCCCCCCCC(=O)OC(COC(=O)CCCCCCCCCCC)COP(=O)([O-])OCC[N+](C)(C)C. The smallest absolute Gasteiger partial charge is 0.306 e. The minimum atomic E-state index is -4.62. The summed E-state index contributed by atoms with van der Waals surface area (Å²) in [4.78, 5) is 37.6. The van der Waals surface area contributed by atoms with Gasteiger partial charge in [0.25, 0.3) is 7.82 Å². The predicted octanol–water partition coefficient (Wildman–Crippen LogP) is 16.1. The van der Waals surface area contributed by atoms with Crippen LogP contribution in [-0.4, -0.2) is 70.0 Å². The van der Waals surface area contributed by atoms with Crippen molar-refractivity contribution in [2.24, 2.45) is 0 Å². The fraction of sp³-hybridized carbons (Fsp3) is 0.963. The van der Waals surface area contributed by atoms with Crippen LogP contribution < -0.4 is 4.89 Å². The van der Waals surface area contributed by atoms with Gasteiger partial charge < -0.3 is 27.9 Å². The molecule has 0 aliphatic rings. The zero-order valence-corrected chi connectivity index (χ0v) is 44.2. The molecule has 2 unspecified atom stereocenters. The fourth-order valence-corrected chi connectivity index (χ4v) is 9.03. The van der Waals surface area contributed by atoms with Crippen molar-refractivity contribution >= 4 is 19.8 Å². The molecule has 0 aliphatic carbocycles. The average molecular weight is 930 g/mol. The van der Waals surface area contributed by atoms with Gasteiger partial charge in [-0.15, -0.1) is 0 Å². The van der Waals surface area contributed by atoms with Gasteiger partial charge in [-0.1, -0.05) is 258 Å². The Labute approximate surface area is 397 Å². The number of hydrogen-bond donors (Lipinski definition) is 0. The molecule has 0 radical (unpaired) electrons. The second-order valence-corrected chi connectivity index (χ2v) is 21.7. The predicted molar refractivity (Wildman–Crippen MR) is 269 cm³/mol. The Morgan fingerprint density at radius 1 is 0.422 bits per heavy atom. The Bertz CT molecular complexity index is 1050. The molecule has 9 nitrogen and oxygen atoms in total. The summed E-state index contributed by atoms with van der Waals surface area (Å²) < 4.78 is 34.0. The first-order valence-corrected chi connectivity index (χ1v) is 29.2. The number of rotatable bonds is 52. The summed E-state index contributed by atoms with van der Waals surface area (Å²) in [6, 6.07) is 0. The summed E-state index contributed by atoms with van der Waals surface area (Å²) in [5, 5.41) is 0. The molecule has 0 saturated heterocycles. The lowest BCUT2D eigenvalue weighted by atomic mass is 10.0. The average Bonchev–Trinajstić information content (AvgIpc) is 3.25. The van der Waals surface area contributed by atoms with E-state index in [1.807, 2.05) is 21.1 Å². The van der Waals surface area contributed by atoms with E-state index >= 15 is 0 Å². The number of likely N-dealkylation sites (N-methyl/N-ethyl adjacent to an activating group) is 1. The highest BCUT2D eigenvalue weighted by Crippen LogP contribution is 2.38. The van der Waals surface area contributed by atoms with Gasteiger partial charge in [-0.3, -0.25) is 14.2 Å². The van der Waals surface area contributed by atoms with Gasteiger partial charge in [-0.2, -0.15) is 0 Å². The number of unbranched alkanes of at least 4 members (excludes halogenated alkanes) is 38. The van der Waals surface area contributed by atoms with E-state index in [1.54, 1.807) is 0 Å². The lowest BCUT2D eigenvalue weighted by Crippen LogP contribution is -2.37. The van der Waals surface area contributed by atoms with Crippen LogP contribution in [0.4, 0.5) is 0 Å². The second-order valence-electron chi connectivity index (χ2n) is 20.3. The van der Waals surface area contributed by atoms with Crippen LogP contribution in [-0.2, 0) is 32.7 Å². The second kappa shape index (κ2) is 47.1. The van der Waals surface area contributed by atoms with Crippen molar-refractivity contribution in [2.45, 2.75) is 290 Å². The Balaban J connectivity index is 3.91. The Kier molecular flexibility index (Phi) is 46.4. The van der Waals surface area contributed by atoms with Crippen LogP contribution in [0.25, 0.3) is 0 Å². The molecule has 0 spiro atoms. The highest BCUT2D eigenvalue weighted by molar-refractivity contribution is 7.45. The lowest BCUT2D eigenvalue weighted by molar-refractivity contribution is -0.870. The first-order chi connectivity index (χ1) is 31.0. The summed E-state index contributed by atoms with van der Waals surface area (Å²) in [6.45, 7) is 4.26. The van der Waals surface area contributed by atoms with Gasteiger partial charge in [0.2, 0.25) is 0 Å². The van der Waals surface area contributed by atoms with E-state index in [0.717, 1.165) is 32.1 Å². The number of carbonyl (C=O) groups excluding carboxylic acids is 2. The molecule has 0 rings (SSSR count). The maximum absolute atomic E-state index is 12.7. The van der Waals surface area contributed by atoms with E-state index in [0.29, 0.717) is 17.4 Å². The molecule has 0 heterocycles. The fourth-order valence-electron chi connectivity index (χ4n) is 8.31. The van der Waals surface area contributed by atoms with Crippen molar-refractivity contribution in [3.05, 3.63) is 0 Å². The molecule has 0 bridgehead atoms. The number of phosphoric acid groups is 1. The van der Waals surface area contributed by atoms with Crippen molar-refractivity contribution in [3.8, 4) is 0 Å². The maximum atomic E-state index is 12.7. The van der Waals surface area contributed by atoms with Crippen molar-refractivity contribution in [2.75, 3.05) is 47.5 Å². The first kappa shape index (κ1) is 63.0. The third-order valence-corrected chi connectivity index (χ3v) is 13.6. The molecule has 0 aromatic heterocycles. The molecular weight excluding hydrogens is 822 g/mol. The van der Waals surface area contributed by atoms with Gasteiger partial charge >= 0.3 is 11.9 Å². The largest absolute Gasteiger partial charge is 0.756 e. The molecule has 382 valence electrons. The summed E-state index contributed by atoms with van der Waals surface area (Å²) >= 11 is 0. The number of carbonyl (C=O) groups is 2. The van der Waals surface area contributed by atoms with Crippen molar-refractivity contribution in [3.63, 3.8) is 0 Å². The number of phosphoric ester groups is 1. The standard InChI is InChI=1S/C54H108NO8P/c1-6-8-10-12-14-16-17-18-19-20-21-22-23-24-25-26-27-28-29-30-31-32-33-34-35-36-37-39-41-43-45-47-54(57)63-52(51-62-64(58,59)61-49-48-55(3,4)5)50-60-53(56)46-44-42-40-38-15-13-11-9-7-2/h52H,6-51H2,1-5H3. The Morgan fingerprint density at radius 2 is 0.703 bits per heavy atom. The van der Waals surface area contributed by atoms with Crippen molar-refractivity contribution in [1.29, 1.82) is 0 Å². The molecular formula is C54H108NO8P. The minimum absolute atomic E-state index is 0.0256. The molecule has 0 amide bonds. The van der Waals surface area contributed by atoms with E-state index in [-0.39, 0.29) is 32.0 Å². The molecule has 64 heavy (non-hydrogen) atoms. The van der Waals surface area contributed by atoms with Gasteiger partial charge in [-0.05, 0) is 12.8 Å². The van der Waals surface area contributed by atoms with E-state index in [1.165, 1.54) is 218 Å². The molecule has 0 aromatic carbocycles. The van der Waals surface area contributed by atoms with Crippen LogP contribution >= 0.6 is 7.82 Å². The topological polar surface area (TPSA) is 111 Å². The van der Waals surface area contributed by atoms with Crippen molar-refractivity contribution in [1.82, 2.24) is 0 Å². The number of nitrogens with zero attached hydrogens (tertiary/aromatic N) is 1. The molecule has 0 aliphatic heterocycles. The summed E-state index contributed by atoms with van der Waals surface area (Å²) in [6.07, 6.45) is 51.8. The van der Waals surface area contributed by atoms with Crippen molar-refractivity contribution < 1.29 is 42.1 Å². The van der Waals surface area contributed by atoms with Crippen LogP contribution in [0.3, 0.4) is 0 Å². The normalized spacial score (nSPS) is 13.3. The highest BCUT2D eigenvalue weighted by Gasteiger charge is 2.22. The molecule has 0 aromatic rings. The highest BCUT2D eigenvalue weighted by atomic mass is 31.2. The van der Waals surface area contributed by atoms with Crippen LogP contribution in [0.15, 0.2) is 0 Å². The van der Waals surface area contributed by atoms with Crippen LogP contribution in [0.2, 0.25) is 0 Å². The van der Waals surface area contributed by atoms with Crippen LogP contribution in [0, 0.1) is 0 Å². The number of ether oxygens (including phenoxy) is 2. The van der Waals surface area contributed by atoms with E-state index in [4.69, 9.17) is 18.5 Å². The maximum Gasteiger partial charge on any atom is 0.306 e. The van der Waals surface area contributed by atoms with Gasteiger partial charge in [-0.25, -0.2) is 0 Å². The van der Waals surface area contributed by atoms with Gasteiger partial charge in [0.1, 0.15) is 19.8 Å². The van der Waals surface area contributed by atoms with E-state index in [9.17, 15) is 19.0 Å². The molecule has 2 atom stereocenters. The quantitative estimate of drug-likeness (QED) is 0.0257. The van der Waals surface area contributed by atoms with Gasteiger partial charge in [0, 0.05) is 12.8 Å². The number of esters is 2. The van der Waals surface area contributed by atoms with Gasteiger partial charge in [0.15, 0.2) is 6.10 Å². The summed E-state index contributed by atoms with van der Waals surface area (Å²) in [5.74, 6) is -0.819. The zero-order valence-electron chi connectivity index (χ0n) is 43.3. The van der Waals surface area contributed by atoms with Crippen LogP contribution in [0.5, 0.6) is 0 Å². The third-order valence-electron chi connectivity index (χ3n) is 12.6. The lowest BCUT2D eigenvalue weighted by Gasteiger charge is -2.28. The molecule has 0 fully saturated rings. The molecule has 0 saturated carbocycles. The molecule has 0 N–H and O–H groups in total. The third kappa shape index (κ3) is 50.4. The number of quaternary nitrogens is 1. The summed E-state index contributed by atoms with van der Waals surface area (Å²) in [7, 11) is 1.19. The Hall–Kier alpha value is -0.990. The van der Waals surface area contributed by atoms with Gasteiger partial charge in [0.05, 0.1) is 27.7 Å². The zero-order chi connectivity index (χ0) is 47.1. The van der Waals surface area contributed by atoms with Crippen LogP contribution in [0.1, 0.15) is 284 Å². The minimum Gasteiger partial charge on any atom is -0.756 e. The van der Waals surface area contributed by atoms with E-state index in [2.05, 4.69) is 13.8 Å². The monoisotopic (exact) mass is 930 g/mol. The Morgan fingerprint density at radius 3 is 1.00 bits per heavy atom.